The summed E-state index contributed by atoms with van der Waals surface area (Å²) in [5.74, 6) is 0.251. The summed E-state index contributed by atoms with van der Waals surface area (Å²) in [7, 11) is -1.96. The molecule has 1 fully saturated rings. The van der Waals surface area contributed by atoms with Gasteiger partial charge in [0.15, 0.2) is 6.54 Å². The van der Waals surface area contributed by atoms with Crippen molar-refractivity contribution in [3.63, 3.8) is 0 Å². The molecule has 1 aliphatic heterocycles. The van der Waals surface area contributed by atoms with Crippen LogP contribution in [0.25, 0.3) is 0 Å². The third kappa shape index (κ3) is 3.72. The van der Waals surface area contributed by atoms with Crippen LogP contribution in [-0.2, 0) is 14.8 Å². The lowest BCUT2D eigenvalue weighted by Crippen LogP contribution is -3.15. The highest BCUT2D eigenvalue weighted by Gasteiger charge is 2.30. The van der Waals surface area contributed by atoms with Crippen molar-refractivity contribution in [2.24, 2.45) is 5.73 Å². The van der Waals surface area contributed by atoms with E-state index >= 15 is 0 Å². The maximum atomic E-state index is 12.5. The molecule has 8 heteroatoms. The van der Waals surface area contributed by atoms with Gasteiger partial charge in [0.2, 0.25) is 10.0 Å². The summed E-state index contributed by atoms with van der Waals surface area (Å²) in [6.45, 7) is 2.18. The number of hydrogen-bond acceptors (Lipinski definition) is 4. The summed E-state index contributed by atoms with van der Waals surface area (Å²) in [6.07, 6.45) is 0. The Kier molecular flexibility index (Phi) is 4.81. The average Bonchev–Trinajstić information content (AvgIpc) is 2.47. The number of nitrogens with two attached hydrogens (primary N) is 1. The topological polar surface area (TPSA) is 94.1 Å². The van der Waals surface area contributed by atoms with Crippen molar-refractivity contribution in [1.29, 1.82) is 0 Å². The van der Waals surface area contributed by atoms with Gasteiger partial charge in [0.05, 0.1) is 38.2 Å². The molecule has 21 heavy (non-hydrogen) atoms. The Hall–Kier alpha value is -1.64. The van der Waals surface area contributed by atoms with Gasteiger partial charge in [0, 0.05) is 0 Å². The van der Waals surface area contributed by atoms with Crippen LogP contribution >= 0.6 is 0 Å². The van der Waals surface area contributed by atoms with Gasteiger partial charge in [-0.2, -0.15) is 4.31 Å². The van der Waals surface area contributed by atoms with Crippen LogP contribution in [0.1, 0.15) is 0 Å². The molecule has 3 N–H and O–H groups in total. The maximum Gasteiger partial charge on any atom is 0.272 e. The molecule has 116 valence electrons. The number of amides is 1. The molecule has 1 amide bonds. The Bertz CT molecular complexity index is 592. The van der Waals surface area contributed by atoms with Crippen molar-refractivity contribution in [2.75, 3.05) is 39.8 Å². The number of carbonyl (C=O) groups is 1. The van der Waals surface area contributed by atoms with E-state index in [1.165, 1.54) is 23.5 Å². The zero-order valence-corrected chi connectivity index (χ0v) is 12.7. The number of nitrogens with zero attached hydrogens (tertiary/aromatic N) is 1. The number of carbonyl (C=O) groups excluding carboxylic acids is 1. The number of ether oxygens (including phenoxy) is 1. The number of hydrogen-bond donors (Lipinski definition) is 2. The number of nitrogens with one attached hydrogen (secondary N) is 1. The minimum absolute atomic E-state index is 0.246. The van der Waals surface area contributed by atoms with Crippen molar-refractivity contribution < 1.29 is 22.8 Å². The monoisotopic (exact) mass is 314 g/mol. The van der Waals surface area contributed by atoms with Crippen LogP contribution in [0.15, 0.2) is 29.2 Å². The van der Waals surface area contributed by atoms with Crippen LogP contribution in [0.3, 0.4) is 0 Å². The number of sulfonamides is 1. The normalized spacial score (nSPS) is 17.6. The quantitative estimate of drug-likeness (QED) is 0.662. The van der Waals surface area contributed by atoms with Crippen LogP contribution in [0.2, 0.25) is 0 Å². The highest BCUT2D eigenvalue weighted by molar-refractivity contribution is 7.89. The van der Waals surface area contributed by atoms with Gasteiger partial charge in [-0.1, -0.05) is 0 Å². The molecule has 0 aliphatic carbocycles. The van der Waals surface area contributed by atoms with Gasteiger partial charge >= 0.3 is 0 Å². The summed E-state index contributed by atoms with van der Waals surface area (Å²) < 4.78 is 31.5. The highest BCUT2D eigenvalue weighted by atomic mass is 32.2. The highest BCUT2D eigenvalue weighted by Crippen LogP contribution is 2.19. The van der Waals surface area contributed by atoms with Crippen LogP contribution in [0.5, 0.6) is 5.75 Å². The van der Waals surface area contributed by atoms with Crippen molar-refractivity contribution in [3.8, 4) is 5.75 Å². The lowest BCUT2D eigenvalue weighted by Gasteiger charge is -2.30. The Labute approximate surface area is 124 Å². The molecule has 7 nitrogen and oxygen atoms in total. The average molecular weight is 314 g/mol. The molecule has 0 spiro atoms. The molecule has 0 radical (unpaired) electrons. The number of primary amides is 1. The van der Waals surface area contributed by atoms with Crippen LogP contribution < -0.4 is 15.4 Å². The first kappa shape index (κ1) is 15.7. The van der Waals surface area contributed by atoms with E-state index in [-0.39, 0.29) is 17.3 Å². The third-order valence-corrected chi connectivity index (χ3v) is 5.46. The number of quaternary nitrogens is 1. The van der Waals surface area contributed by atoms with Gasteiger partial charge in [-0.05, 0) is 24.3 Å². The van der Waals surface area contributed by atoms with Gasteiger partial charge in [-0.25, -0.2) is 8.42 Å². The van der Waals surface area contributed by atoms with E-state index in [0.29, 0.717) is 31.9 Å². The number of benzene rings is 1. The van der Waals surface area contributed by atoms with Gasteiger partial charge in [0.1, 0.15) is 5.75 Å². The Balaban J connectivity index is 2.05. The SMILES string of the molecule is COc1ccc(S(=O)(=O)N2CC[NH+](CC(N)=O)CC2)cc1. The smallest absolute Gasteiger partial charge is 0.272 e. The molecular formula is C13H20N3O4S+. The second kappa shape index (κ2) is 6.42. The Morgan fingerprint density at radius 3 is 2.33 bits per heavy atom. The van der Waals surface area contributed by atoms with E-state index in [2.05, 4.69) is 0 Å². The number of piperazine rings is 1. The fourth-order valence-corrected chi connectivity index (χ4v) is 3.80. The molecule has 1 aliphatic rings. The summed E-state index contributed by atoms with van der Waals surface area (Å²) in [6, 6.07) is 6.33. The van der Waals surface area contributed by atoms with Crippen molar-refractivity contribution in [2.45, 2.75) is 4.90 Å². The van der Waals surface area contributed by atoms with E-state index in [4.69, 9.17) is 10.5 Å². The van der Waals surface area contributed by atoms with Gasteiger partial charge in [0.25, 0.3) is 5.91 Å². The molecule has 1 saturated heterocycles. The summed E-state index contributed by atoms with van der Waals surface area (Å²) in [5.41, 5.74) is 5.16. The van der Waals surface area contributed by atoms with E-state index in [1.807, 2.05) is 0 Å². The maximum absolute atomic E-state index is 12.5. The largest absolute Gasteiger partial charge is 0.497 e. The predicted molar refractivity (Wildman–Crippen MR) is 76.5 cm³/mol. The first-order chi connectivity index (χ1) is 9.93. The predicted octanol–water partition coefficient (Wildman–Crippen LogP) is -1.93. The second-order valence-electron chi connectivity index (χ2n) is 4.97. The Morgan fingerprint density at radius 1 is 1.29 bits per heavy atom. The van der Waals surface area contributed by atoms with Crippen LogP contribution in [0.4, 0.5) is 0 Å². The van der Waals surface area contributed by atoms with Crippen molar-refractivity contribution in [1.82, 2.24) is 4.31 Å². The molecule has 2 rings (SSSR count). The number of rotatable bonds is 5. The van der Waals surface area contributed by atoms with Gasteiger partial charge in [-0.3, -0.25) is 4.79 Å². The van der Waals surface area contributed by atoms with Gasteiger partial charge in [-0.15, -0.1) is 0 Å². The summed E-state index contributed by atoms with van der Waals surface area (Å²) in [4.78, 5) is 12.2. The van der Waals surface area contributed by atoms with E-state index in [9.17, 15) is 13.2 Å². The molecule has 0 saturated carbocycles. The standard InChI is InChI=1S/C13H19N3O4S/c1-20-11-2-4-12(5-3-11)21(18,19)16-8-6-15(7-9-16)10-13(14)17/h2-5H,6-10H2,1H3,(H2,14,17)/p+1. The first-order valence-corrected chi connectivity index (χ1v) is 8.13. The molecule has 1 aromatic rings. The Morgan fingerprint density at radius 2 is 1.86 bits per heavy atom. The van der Waals surface area contributed by atoms with Gasteiger partial charge < -0.3 is 15.4 Å². The molecule has 1 heterocycles. The zero-order chi connectivity index (χ0) is 15.5. The van der Waals surface area contributed by atoms with Crippen LogP contribution in [-0.4, -0.2) is 58.5 Å². The summed E-state index contributed by atoms with van der Waals surface area (Å²) in [5, 5.41) is 0. The van der Waals surface area contributed by atoms with Crippen LogP contribution in [0, 0.1) is 0 Å². The minimum atomic E-state index is -3.49. The molecule has 0 unspecified atom stereocenters. The lowest BCUT2D eigenvalue weighted by molar-refractivity contribution is -0.895. The third-order valence-electron chi connectivity index (χ3n) is 3.55. The van der Waals surface area contributed by atoms with E-state index < -0.39 is 10.0 Å². The molecule has 1 aromatic carbocycles. The van der Waals surface area contributed by atoms with E-state index in [1.54, 1.807) is 12.1 Å². The molecular weight excluding hydrogens is 294 g/mol. The second-order valence-corrected chi connectivity index (χ2v) is 6.91. The zero-order valence-electron chi connectivity index (χ0n) is 11.9. The molecule has 0 aromatic heterocycles. The number of methoxy groups -OCH3 is 1. The molecule has 0 bridgehead atoms. The lowest BCUT2D eigenvalue weighted by atomic mass is 10.3. The minimum Gasteiger partial charge on any atom is -0.497 e. The van der Waals surface area contributed by atoms with E-state index in [0.717, 1.165) is 4.90 Å². The fraction of sp³-hybridized carbons (Fsp3) is 0.462. The summed E-state index contributed by atoms with van der Waals surface area (Å²) >= 11 is 0. The van der Waals surface area contributed by atoms with Crippen molar-refractivity contribution >= 4 is 15.9 Å². The first-order valence-electron chi connectivity index (χ1n) is 6.69. The fourth-order valence-electron chi connectivity index (χ4n) is 2.36. The molecule has 0 atom stereocenters. The van der Waals surface area contributed by atoms with Crippen molar-refractivity contribution in [3.05, 3.63) is 24.3 Å².